The number of hydrogen-bond donors (Lipinski definition) is 1. The Morgan fingerprint density at radius 2 is 2.12 bits per heavy atom. The number of rotatable bonds is 3. The number of halogens is 2. The number of hydrogen-bond acceptors (Lipinski definition) is 4. The Bertz CT molecular complexity index is 885. The molecule has 3 rings (SSSR count). The number of aromatic nitrogens is 3. The van der Waals surface area contributed by atoms with Crippen molar-refractivity contribution in [2.75, 3.05) is 13.1 Å². The molecule has 1 unspecified atom stereocenters. The van der Waals surface area contributed by atoms with Crippen molar-refractivity contribution in [1.29, 1.82) is 0 Å². The summed E-state index contributed by atoms with van der Waals surface area (Å²) < 4.78 is 14.7. The molecule has 0 aliphatic carbocycles. The summed E-state index contributed by atoms with van der Waals surface area (Å²) in [5.74, 6) is -1.84. The number of amides is 1. The lowest BCUT2D eigenvalue weighted by atomic mass is 9.82. The molecule has 1 amide bonds. The van der Waals surface area contributed by atoms with Gasteiger partial charge in [-0.05, 0) is 44.9 Å². The van der Waals surface area contributed by atoms with Crippen LogP contribution in [0.25, 0.3) is 5.69 Å². The first-order valence-electron chi connectivity index (χ1n) is 8.13. The number of carboxylic acid groups (broad SMARTS) is 1. The van der Waals surface area contributed by atoms with Crippen molar-refractivity contribution < 1.29 is 19.1 Å². The maximum absolute atomic E-state index is 13.3. The van der Waals surface area contributed by atoms with E-state index in [4.69, 9.17) is 11.6 Å². The van der Waals surface area contributed by atoms with Crippen molar-refractivity contribution in [3.05, 3.63) is 40.4 Å². The zero-order chi connectivity index (χ0) is 19.1. The van der Waals surface area contributed by atoms with Crippen molar-refractivity contribution in [3.8, 4) is 5.69 Å². The molecule has 0 spiro atoms. The van der Waals surface area contributed by atoms with Crippen molar-refractivity contribution in [2.24, 2.45) is 5.41 Å². The number of likely N-dealkylation sites (tertiary alicyclic amines) is 1. The molecule has 138 valence electrons. The Morgan fingerprint density at radius 3 is 2.77 bits per heavy atom. The molecule has 0 radical (unpaired) electrons. The minimum Gasteiger partial charge on any atom is -0.481 e. The highest BCUT2D eigenvalue weighted by molar-refractivity contribution is 6.30. The van der Waals surface area contributed by atoms with Gasteiger partial charge in [-0.15, -0.1) is 5.10 Å². The summed E-state index contributed by atoms with van der Waals surface area (Å²) in [6.07, 6.45) is 1.13. The molecule has 0 saturated carbocycles. The van der Waals surface area contributed by atoms with Crippen molar-refractivity contribution in [2.45, 2.75) is 26.7 Å². The third kappa shape index (κ3) is 3.16. The van der Waals surface area contributed by atoms with Crippen LogP contribution >= 0.6 is 11.6 Å². The molecule has 1 aromatic heterocycles. The number of nitrogens with zero attached hydrogens (tertiary/aromatic N) is 4. The van der Waals surface area contributed by atoms with Gasteiger partial charge in [0.15, 0.2) is 5.69 Å². The van der Waals surface area contributed by atoms with Gasteiger partial charge in [0.25, 0.3) is 5.91 Å². The third-order valence-corrected chi connectivity index (χ3v) is 5.03. The lowest BCUT2D eigenvalue weighted by molar-refractivity contribution is -0.150. The molecule has 1 aliphatic rings. The number of carboxylic acids is 1. The molecular formula is C17H18ClFN4O3. The minimum atomic E-state index is -0.970. The van der Waals surface area contributed by atoms with Gasteiger partial charge in [0, 0.05) is 13.1 Å². The van der Waals surface area contributed by atoms with E-state index >= 15 is 0 Å². The quantitative estimate of drug-likeness (QED) is 0.884. The highest BCUT2D eigenvalue weighted by Gasteiger charge is 2.40. The highest BCUT2D eigenvalue weighted by Crippen LogP contribution is 2.30. The smallest absolute Gasteiger partial charge is 0.311 e. The number of carbonyl (C=O) groups is 2. The standard InChI is InChI=1S/C17H18ClFN4O3/c1-10-14(15(24)22-7-3-6-17(2,9-22)16(25)26)20-21-23(10)11-4-5-13(19)12(18)8-11/h4-5,8H,3,6-7,9H2,1-2H3,(H,25,26). The molecule has 1 N–H and O–H groups in total. The first-order valence-corrected chi connectivity index (χ1v) is 8.51. The summed E-state index contributed by atoms with van der Waals surface area (Å²) in [7, 11) is 0. The maximum Gasteiger partial charge on any atom is 0.311 e. The van der Waals surface area contributed by atoms with E-state index in [2.05, 4.69) is 10.3 Å². The molecule has 1 aliphatic heterocycles. The predicted octanol–water partition coefficient (Wildman–Crippen LogP) is 2.70. The van der Waals surface area contributed by atoms with Gasteiger partial charge in [-0.3, -0.25) is 9.59 Å². The molecule has 1 atom stereocenters. The lowest BCUT2D eigenvalue weighted by Gasteiger charge is -2.37. The van der Waals surface area contributed by atoms with Crippen LogP contribution in [-0.4, -0.2) is 50.0 Å². The van der Waals surface area contributed by atoms with Crippen LogP contribution in [-0.2, 0) is 4.79 Å². The van der Waals surface area contributed by atoms with E-state index < -0.39 is 17.2 Å². The SMILES string of the molecule is Cc1c(C(=O)N2CCCC(C)(C(=O)O)C2)nnn1-c1ccc(F)c(Cl)c1. The summed E-state index contributed by atoms with van der Waals surface area (Å²) in [6, 6.07) is 4.10. The minimum absolute atomic E-state index is 0.0569. The first kappa shape index (κ1) is 18.3. The lowest BCUT2D eigenvalue weighted by Crippen LogP contribution is -2.48. The van der Waals surface area contributed by atoms with Crippen LogP contribution in [0.2, 0.25) is 5.02 Å². The Balaban J connectivity index is 1.88. The number of benzene rings is 1. The molecule has 1 fully saturated rings. The van der Waals surface area contributed by atoms with Gasteiger partial charge < -0.3 is 10.0 Å². The first-order chi connectivity index (χ1) is 12.2. The van der Waals surface area contributed by atoms with E-state index in [-0.39, 0.29) is 23.2 Å². The second-order valence-corrected chi connectivity index (χ2v) is 7.14. The van der Waals surface area contributed by atoms with Gasteiger partial charge in [0.2, 0.25) is 0 Å². The van der Waals surface area contributed by atoms with Gasteiger partial charge >= 0.3 is 5.97 Å². The van der Waals surface area contributed by atoms with Crippen LogP contribution in [0.1, 0.15) is 35.9 Å². The fourth-order valence-corrected chi connectivity index (χ4v) is 3.30. The second-order valence-electron chi connectivity index (χ2n) is 6.73. The maximum atomic E-state index is 13.3. The molecule has 0 bridgehead atoms. The topological polar surface area (TPSA) is 88.3 Å². The molecule has 2 aromatic rings. The Kier molecular flexibility index (Phi) is 4.70. The van der Waals surface area contributed by atoms with Crippen molar-refractivity contribution >= 4 is 23.5 Å². The number of carbonyl (C=O) groups excluding carboxylic acids is 1. The van der Waals surface area contributed by atoms with E-state index in [9.17, 15) is 19.1 Å². The van der Waals surface area contributed by atoms with Crippen LogP contribution in [0.3, 0.4) is 0 Å². The Hall–Kier alpha value is -2.48. The summed E-state index contributed by atoms with van der Waals surface area (Å²) >= 11 is 5.80. The van der Waals surface area contributed by atoms with E-state index in [1.807, 2.05) is 0 Å². The average molecular weight is 381 g/mol. The molecule has 2 heterocycles. The highest BCUT2D eigenvalue weighted by atomic mass is 35.5. The zero-order valence-corrected chi connectivity index (χ0v) is 15.1. The third-order valence-electron chi connectivity index (χ3n) is 4.74. The zero-order valence-electron chi connectivity index (χ0n) is 14.4. The number of aliphatic carboxylic acids is 1. The van der Waals surface area contributed by atoms with Gasteiger partial charge in [0.05, 0.1) is 21.8 Å². The van der Waals surface area contributed by atoms with Gasteiger partial charge in [-0.25, -0.2) is 9.07 Å². The number of piperidine rings is 1. The molecule has 7 nitrogen and oxygen atoms in total. The summed E-state index contributed by atoms with van der Waals surface area (Å²) in [5.41, 5.74) is 0.122. The van der Waals surface area contributed by atoms with E-state index in [0.29, 0.717) is 30.8 Å². The Morgan fingerprint density at radius 1 is 1.38 bits per heavy atom. The molecule has 26 heavy (non-hydrogen) atoms. The van der Waals surface area contributed by atoms with Crippen LogP contribution < -0.4 is 0 Å². The van der Waals surface area contributed by atoms with Crippen LogP contribution in [0.5, 0.6) is 0 Å². The van der Waals surface area contributed by atoms with Crippen molar-refractivity contribution in [1.82, 2.24) is 19.9 Å². The molecule has 9 heteroatoms. The van der Waals surface area contributed by atoms with Gasteiger partial charge in [-0.1, -0.05) is 16.8 Å². The van der Waals surface area contributed by atoms with Crippen molar-refractivity contribution in [3.63, 3.8) is 0 Å². The van der Waals surface area contributed by atoms with Gasteiger partial charge in [-0.2, -0.15) is 0 Å². The summed E-state index contributed by atoms with van der Waals surface area (Å²) in [4.78, 5) is 25.8. The van der Waals surface area contributed by atoms with E-state index in [0.717, 1.165) is 0 Å². The summed E-state index contributed by atoms with van der Waals surface area (Å²) in [5, 5.41) is 17.3. The molecule has 1 saturated heterocycles. The second kappa shape index (κ2) is 6.68. The van der Waals surface area contributed by atoms with Crippen LogP contribution in [0.4, 0.5) is 4.39 Å². The normalized spacial score (nSPS) is 20.2. The van der Waals surface area contributed by atoms with E-state index in [1.54, 1.807) is 13.8 Å². The molecule has 1 aromatic carbocycles. The van der Waals surface area contributed by atoms with Gasteiger partial charge in [0.1, 0.15) is 5.82 Å². The average Bonchev–Trinajstić information content (AvgIpc) is 2.98. The van der Waals surface area contributed by atoms with E-state index in [1.165, 1.54) is 27.8 Å². The monoisotopic (exact) mass is 380 g/mol. The summed E-state index contributed by atoms with van der Waals surface area (Å²) in [6.45, 7) is 3.90. The predicted molar refractivity (Wildman–Crippen MR) is 91.9 cm³/mol. The fourth-order valence-electron chi connectivity index (χ4n) is 3.13. The molecular weight excluding hydrogens is 363 g/mol. The fraction of sp³-hybridized carbons (Fsp3) is 0.412. The largest absolute Gasteiger partial charge is 0.481 e. The Labute approximate surface area is 154 Å². The van der Waals surface area contributed by atoms with Crippen LogP contribution in [0, 0.1) is 18.2 Å². The van der Waals surface area contributed by atoms with Crippen LogP contribution in [0.15, 0.2) is 18.2 Å².